The summed E-state index contributed by atoms with van der Waals surface area (Å²) in [6, 6.07) is 17.6. The van der Waals surface area contributed by atoms with Crippen LogP contribution >= 0.6 is 0 Å². The number of nitriles is 1. The van der Waals surface area contributed by atoms with Crippen molar-refractivity contribution in [3.63, 3.8) is 0 Å². The third-order valence-corrected chi connectivity index (χ3v) is 3.36. The Hall–Kier alpha value is -3.13. The SMILES string of the molecule is CC(NC(=O)CNC(=O)c1ccccc1)c1ccc(C#N)cc1. The summed E-state index contributed by atoms with van der Waals surface area (Å²) in [6.07, 6.45) is 0. The van der Waals surface area contributed by atoms with Crippen molar-refractivity contribution in [3.8, 4) is 6.07 Å². The molecule has 0 saturated carbocycles. The predicted octanol–water partition coefficient (Wildman–Crippen LogP) is 2.17. The maximum atomic E-state index is 11.9. The molecule has 23 heavy (non-hydrogen) atoms. The van der Waals surface area contributed by atoms with E-state index in [4.69, 9.17) is 5.26 Å². The van der Waals surface area contributed by atoms with Crippen LogP contribution in [0.25, 0.3) is 0 Å². The van der Waals surface area contributed by atoms with Gasteiger partial charge in [-0.1, -0.05) is 30.3 Å². The summed E-state index contributed by atoms with van der Waals surface area (Å²) in [7, 11) is 0. The molecule has 0 bridgehead atoms. The minimum absolute atomic E-state index is 0.0889. The Labute approximate surface area is 134 Å². The maximum Gasteiger partial charge on any atom is 0.251 e. The molecule has 0 spiro atoms. The summed E-state index contributed by atoms with van der Waals surface area (Å²) < 4.78 is 0. The van der Waals surface area contributed by atoms with E-state index in [9.17, 15) is 9.59 Å². The molecule has 2 aromatic carbocycles. The summed E-state index contributed by atoms with van der Waals surface area (Å²) in [4.78, 5) is 23.8. The van der Waals surface area contributed by atoms with E-state index in [0.717, 1.165) is 5.56 Å². The minimum atomic E-state index is -0.285. The molecular formula is C18H17N3O2. The highest BCUT2D eigenvalue weighted by molar-refractivity contribution is 5.96. The Kier molecular flexibility index (Phi) is 5.48. The first-order chi connectivity index (χ1) is 11.1. The van der Waals surface area contributed by atoms with E-state index in [1.807, 2.05) is 19.1 Å². The summed E-state index contributed by atoms with van der Waals surface area (Å²) in [5, 5.41) is 14.2. The van der Waals surface area contributed by atoms with Crippen molar-refractivity contribution in [2.45, 2.75) is 13.0 Å². The Morgan fingerprint density at radius 2 is 1.74 bits per heavy atom. The molecule has 2 amide bonds. The molecule has 0 heterocycles. The van der Waals surface area contributed by atoms with Crippen molar-refractivity contribution in [2.75, 3.05) is 6.54 Å². The molecule has 5 heteroatoms. The van der Waals surface area contributed by atoms with Crippen LogP contribution in [-0.2, 0) is 4.79 Å². The zero-order chi connectivity index (χ0) is 16.7. The molecule has 2 N–H and O–H groups in total. The smallest absolute Gasteiger partial charge is 0.251 e. The minimum Gasteiger partial charge on any atom is -0.348 e. The molecular weight excluding hydrogens is 290 g/mol. The van der Waals surface area contributed by atoms with Crippen molar-refractivity contribution in [1.82, 2.24) is 10.6 Å². The van der Waals surface area contributed by atoms with Crippen molar-refractivity contribution < 1.29 is 9.59 Å². The predicted molar refractivity (Wildman–Crippen MR) is 86.5 cm³/mol. The highest BCUT2D eigenvalue weighted by Crippen LogP contribution is 2.12. The number of benzene rings is 2. The Balaban J connectivity index is 1.84. The summed E-state index contributed by atoms with van der Waals surface area (Å²) >= 11 is 0. The zero-order valence-corrected chi connectivity index (χ0v) is 12.7. The van der Waals surface area contributed by atoms with E-state index in [1.54, 1.807) is 48.5 Å². The van der Waals surface area contributed by atoms with Gasteiger partial charge in [0.05, 0.1) is 24.2 Å². The van der Waals surface area contributed by atoms with Gasteiger partial charge in [0.1, 0.15) is 0 Å². The van der Waals surface area contributed by atoms with Gasteiger partial charge in [-0.2, -0.15) is 5.26 Å². The van der Waals surface area contributed by atoms with Crippen LogP contribution in [0.2, 0.25) is 0 Å². The van der Waals surface area contributed by atoms with Gasteiger partial charge >= 0.3 is 0 Å². The first kappa shape index (κ1) is 16.2. The molecule has 5 nitrogen and oxygen atoms in total. The van der Waals surface area contributed by atoms with Gasteiger partial charge in [-0.05, 0) is 36.8 Å². The third kappa shape index (κ3) is 4.68. The lowest BCUT2D eigenvalue weighted by molar-refractivity contribution is -0.120. The second-order valence-corrected chi connectivity index (χ2v) is 5.07. The van der Waals surface area contributed by atoms with E-state index < -0.39 is 0 Å². The Morgan fingerprint density at radius 3 is 2.35 bits per heavy atom. The third-order valence-electron chi connectivity index (χ3n) is 3.36. The number of nitrogens with one attached hydrogen (secondary N) is 2. The van der Waals surface area contributed by atoms with Gasteiger partial charge in [-0.15, -0.1) is 0 Å². The fourth-order valence-electron chi connectivity index (χ4n) is 2.07. The largest absolute Gasteiger partial charge is 0.348 e. The van der Waals surface area contributed by atoms with Gasteiger partial charge in [0, 0.05) is 5.56 Å². The lowest BCUT2D eigenvalue weighted by Gasteiger charge is -2.14. The van der Waals surface area contributed by atoms with Crippen LogP contribution in [0.4, 0.5) is 0 Å². The van der Waals surface area contributed by atoms with Crippen LogP contribution in [0.3, 0.4) is 0 Å². The highest BCUT2D eigenvalue weighted by Gasteiger charge is 2.11. The number of carbonyl (C=O) groups excluding carboxylic acids is 2. The first-order valence-electron chi connectivity index (χ1n) is 7.23. The maximum absolute atomic E-state index is 11.9. The number of carbonyl (C=O) groups is 2. The van der Waals surface area contributed by atoms with Gasteiger partial charge in [0.15, 0.2) is 0 Å². The van der Waals surface area contributed by atoms with Crippen molar-refractivity contribution in [3.05, 3.63) is 71.3 Å². The Morgan fingerprint density at radius 1 is 1.09 bits per heavy atom. The van der Waals surface area contributed by atoms with Gasteiger partial charge in [-0.25, -0.2) is 0 Å². The van der Waals surface area contributed by atoms with Crippen molar-refractivity contribution in [2.24, 2.45) is 0 Å². The van der Waals surface area contributed by atoms with Gasteiger partial charge < -0.3 is 10.6 Å². The average molecular weight is 307 g/mol. The van der Waals surface area contributed by atoms with Crippen LogP contribution < -0.4 is 10.6 Å². The van der Waals surface area contributed by atoms with Crippen LogP contribution in [0.5, 0.6) is 0 Å². The molecule has 0 saturated heterocycles. The molecule has 0 aliphatic carbocycles. The van der Waals surface area contributed by atoms with E-state index in [-0.39, 0.29) is 24.4 Å². The van der Waals surface area contributed by atoms with E-state index in [1.165, 1.54) is 0 Å². The molecule has 0 aliphatic rings. The van der Waals surface area contributed by atoms with Crippen LogP contribution in [0.15, 0.2) is 54.6 Å². The molecule has 2 aromatic rings. The number of nitrogens with zero attached hydrogens (tertiary/aromatic N) is 1. The quantitative estimate of drug-likeness (QED) is 0.888. The lowest BCUT2D eigenvalue weighted by Crippen LogP contribution is -2.38. The molecule has 1 atom stereocenters. The number of amides is 2. The molecule has 0 fully saturated rings. The van der Waals surface area contributed by atoms with Crippen molar-refractivity contribution >= 4 is 11.8 Å². The summed E-state index contributed by atoms with van der Waals surface area (Å²) in [5.74, 6) is -0.557. The molecule has 116 valence electrons. The van der Waals surface area contributed by atoms with Crippen LogP contribution in [0.1, 0.15) is 34.5 Å². The van der Waals surface area contributed by atoms with E-state index in [0.29, 0.717) is 11.1 Å². The van der Waals surface area contributed by atoms with Gasteiger partial charge in [0.2, 0.25) is 5.91 Å². The second-order valence-electron chi connectivity index (χ2n) is 5.07. The van der Waals surface area contributed by atoms with E-state index >= 15 is 0 Å². The van der Waals surface area contributed by atoms with Crippen LogP contribution in [0, 0.1) is 11.3 Å². The summed E-state index contributed by atoms with van der Waals surface area (Å²) in [6.45, 7) is 1.76. The fraction of sp³-hybridized carbons (Fsp3) is 0.167. The standard InChI is InChI=1S/C18H17N3O2/c1-13(15-9-7-14(11-19)8-10-15)21-17(22)12-20-18(23)16-5-3-2-4-6-16/h2-10,13H,12H2,1H3,(H,20,23)(H,21,22). The lowest BCUT2D eigenvalue weighted by atomic mass is 10.1. The first-order valence-corrected chi connectivity index (χ1v) is 7.23. The molecule has 1 unspecified atom stereocenters. The topological polar surface area (TPSA) is 82.0 Å². The second kappa shape index (κ2) is 7.76. The zero-order valence-electron chi connectivity index (χ0n) is 12.7. The molecule has 0 radical (unpaired) electrons. The number of hydrogen-bond donors (Lipinski definition) is 2. The molecule has 0 aromatic heterocycles. The monoisotopic (exact) mass is 307 g/mol. The number of hydrogen-bond acceptors (Lipinski definition) is 3. The van der Waals surface area contributed by atoms with E-state index in [2.05, 4.69) is 10.6 Å². The fourth-order valence-corrected chi connectivity index (χ4v) is 2.07. The normalized spacial score (nSPS) is 11.1. The average Bonchev–Trinajstić information content (AvgIpc) is 2.60. The van der Waals surface area contributed by atoms with Crippen LogP contribution in [-0.4, -0.2) is 18.4 Å². The molecule has 2 rings (SSSR count). The summed E-state index contributed by atoms with van der Waals surface area (Å²) in [5.41, 5.74) is 1.98. The molecule has 0 aliphatic heterocycles. The number of rotatable bonds is 5. The van der Waals surface area contributed by atoms with Gasteiger partial charge in [0.25, 0.3) is 5.91 Å². The highest BCUT2D eigenvalue weighted by atomic mass is 16.2. The van der Waals surface area contributed by atoms with Crippen molar-refractivity contribution in [1.29, 1.82) is 5.26 Å². The van der Waals surface area contributed by atoms with Gasteiger partial charge in [-0.3, -0.25) is 9.59 Å². The Bertz CT molecular complexity index is 718.